The number of β-lactam (4-membered cyclic amide) rings is 1. The van der Waals surface area contributed by atoms with Crippen LogP contribution in [0.4, 0.5) is 0 Å². The lowest BCUT2D eigenvalue weighted by atomic mass is 9.82. The Bertz CT molecular complexity index is 1020. The van der Waals surface area contributed by atoms with Gasteiger partial charge in [0.05, 0.1) is 23.5 Å². The summed E-state index contributed by atoms with van der Waals surface area (Å²) >= 11 is 0. The predicted molar refractivity (Wildman–Crippen MR) is 118 cm³/mol. The summed E-state index contributed by atoms with van der Waals surface area (Å²) in [5, 5.41) is 10.0. The Morgan fingerprint density at radius 3 is 2.45 bits per heavy atom. The molecule has 178 valence electrons. The zero-order valence-corrected chi connectivity index (χ0v) is 19.7. The number of ether oxygens (including phenoxy) is 2. The van der Waals surface area contributed by atoms with E-state index in [1.165, 1.54) is 16.7 Å². The fourth-order valence-electron chi connectivity index (χ4n) is 4.04. The summed E-state index contributed by atoms with van der Waals surface area (Å²) in [6, 6.07) is 6.40. The van der Waals surface area contributed by atoms with E-state index in [2.05, 4.69) is 0 Å². The van der Waals surface area contributed by atoms with Crippen LogP contribution in [0.25, 0.3) is 5.57 Å². The van der Waals surface area contributed by atoms with Gasteiger partial charge in [0, 0.05) is 19.7 Å². The number of hydrogen-bond donors (Lipinski definition) is 1. The summed E-state index contributed by atoms with van der Waals surface area (Å²) < 4.78 is 10.2. The van der Waals surface area contributed by atoms with Crippen LogP contribution in [0.15, 0.2) is 30.0 Å². The van der Waals surface area contributed by atoms with Gasteiger partial charge in [-0.1, -0.05) is 12.1 Å². The largest absolute Gasteiger partial charge is 0.427 e. The number of esters is 2. The highest BCUT2D eigenvalue weighted by molar-refractivity contribution is 6.07. The van der Waals surface area contributed by atoms with Gasteiger partial charge >= 0.3 is 11.9 Å². The second kappa shape index (κ2) is 8.97. The standard InChI is InChI=1S/C24H30N2O7/c1-13(27)18-17-11-16(14-8-7-9-15(10-14)20(28)25(5)6)19(26(17)21(18)29)22(30)32-12-33-23(31)24(2,3)4/h7-10,13,17-18,27H,11-12H2,1-6H3. The number of aliphatic hydroxyl groups excluding tert-OH is 1. The van der Waals surface area contributed by atoms with Crippen molar-refractivity contribution < 1.29 is 33.8 Å². The van der Waals surface area contributed by atoms with Crippen molar-refractivity contribution in [1.82, 2.24) is 9.80 Å². The maximum atomic E-state index is 13.0. The molecule has 0 bridgehead atoms. The summed E-state index contributed by atoms with van der Waals surface area (Å²) in [5.74, 6) is -2.54. The van der Waals surface area contributed by atoms with Crippen LogP contribution in [-0.4, -0.2) is 71.7 Å². The van der Waals surface area contributed by atoms with E-state index in [1.54, 1.807) is 59.1 Å². The third-order valence-electron chi connectivity index (χ3n) is 5.78. The second-order valence-electron chi connectivity index (χ2n) is 9.59. The van der Waals surface area contributed by atoms with E-state index in [0.717, 1.165) is 0 Å². The first-order valence-corrected chi connectivity index (χ1v) is 10.7. The smallest absolute Gasteiger partial charge is 0.358 e. The molecule has 1 saturated heterocycles. The van der Waals surface area contributed by atoms with Crippen LogP contribution in [0.3, 0.4) is 0 Å². The molecule has 3 atom stereocenters. The van der Waals surface area contributed by atoms with Crippen LogP contribution < -0.4 is 0 Å². The Hall–Kier alpha value is -3.20. The third-order valence-corrected chi connectivity index (χ3v) is 5.78. The number of hydrogen-bond acceptors (Lipinski definition) is 7. The highest BCUT2D eigenvalue weighted by Crippen LogP contribution is 2.47. The number of amides is 2. The number of carbonyl (C=O) groups excluding carboxylic acids is 4. The van der Waals surface area contributed by atoms with Gasteiger partial charge in [-0.15, -0.1) is 0 Å². The van der Waals surface area contributed by atoms with Gasteiger partial charge in [0.15, 0.2) is 0 Å². The van der Waals surface area contributed by atoms with Crippen molar-refractivity contribution in [3.8, 4) is 0 Å². The molecule has 33 heavy (non-hydrogen) atoms. The molecule has 1 fully saturated rings. The van der Waals surface area contributed by atoms with Gasteiger partial charge in [-0.05, 0) is 57.4 Å². The van der Waals surface area contributed by atoms with Crippen LogP contribution in [0.1, 0.15) is 50.0 Å². The average Bonchev–Trinajstić information content (AvgIpc) is 3.07. The van der Waals surface area contributed by atoms with Crippen LogP contribution in [0.5, 0.6) is 0 Å². The maximum Gasteiger partial charge on any atom is 0.358 e. The van der Waals surface area contributed by atoms with E-state index >= 15 is 0 Å². The summed E-state index contributed by atoms with van der Waals surface area (Å²) in [7, 11) is 3.28. The lowest BCUT2D eigenvalue weighted by molar-refractivity contribution is -0.175. The van der Waals surface area contributed by atoms with E-state index in [9.17, 15) is 24.3 Å². The van der Waals surface area contributed by atoms with Crippen molar-refractivity contribution in [3.63, 3.8) is 0 Å². The summed E-state index contributed by atoms with van der Waals surface area (Å²) in [6.07, 6.45) is -0.544. The van der Waals surface area contributed by atoms with Crippen LogP contribution >= 0.6 is 0 Å². The monoisotopic (exact) mass is 458 g/mol. The molecule has 1 N–H and O–H groups in total. The highest BCUT2D eigenvalue weighted by Gasteiger charge is 2.57. The second-order valence-corrected chi connectivity index (χ2v) is 9.59. The number of nitrogens with zero attached hydrogens (tertiary/aromatic N) is 2. The van der Waals surface area contributed by atoms with Gasteiger partial charge in [0.25, 0.3) is 5.91 Å². The molecule has 3 rings (SSSR count). The van der Waals surface area contributed by atoms with Crippen molar-refractivity contribution in [2.24, 2.45) is 11.3 Å². The van der Waals surface area contributed by atoms with Crippen molar-refractivity contribution in [2.75, 3.05) is 20.9 Å². The number of carbonyl (C=O) groups is 4. The van der Waals surface area contributed by atoms with Gasteiger partial charge in [-0.3, -0.25) is 14.4 Å². The van der Waals surface area contributed by atoms with Crippen LogP contribution in [0, 0.1) is 11.3 Å². The van der Waals surface area contributed by atoms with Crippen molar-refractivity contribution in [3.05, 3.63) is 41.1 Å². The normalized spacial score (nSPS) is 20.7. The molecule has 0 aliphatic carbocycles. The van der Waals surface area contributed by atoms with Gasteiger partial charge < -0.3 is 24.4 Å². The molecule has 1 aromatic rings. The maximum absolute atomic E-state index is 13.0. The predicted octanol–water partition coefficient (Wildman–Crippen LogP) is 1.80. The molecule has 9 nitrogen and oxygen atoms in total. The molecule has 2 amide bonds. The Morgan fingerprint density at radius 1 is 1.21 bits per heavy atom. The SMILES string of the molecule is CC(O)C1C(=O)N2C(C(=O)OCOC(=O)C(C)(C)C)=C(c3cccc(C(=O)N(C)C)c3)CC12. The first kappa shape index (κ1) is 24.4. The van der Waals surface area contributed by atoms with Crippen LogP contribution in [0.2, 0.25) is 0 Å². The first-order valence-electron chi connectivity index (χ1n) is 10.7. The van der Waals surface area contributed by atoms with Gasteiger partial charge in [-0.25, -0.2) is 4.79 Å². The summed E-state index contributed by atoms with van der Waals surface area (Å²) in [6.45, 7) is 5.98. The number of aliphatic hydroxyl groups is 1. The Balaban J connectivity index is 1.92. The topological polar surface area (TPSA) is 113 Å². The molecule has 2 aliphatic heterocycles. The lowest BCUT2D eigenvalue weighted by Gasteiger charge is -2.44. The quantitative estimate of drug-likeness (QED) is 0.393. The molecule has 0 saturated carbocycles. The van der Waals surface area contributed by atoms with E-state index in [4.69, 9.17) is 9.47 Å². The van der Waals surface area contributed by atoms with Crippen molar-refractivity contribution in [2.45, 2.75) is 46.3 Å². The van der Waals surface area contributed by atoms with E-state index in [1.807, 2.05) is 0 Å². The molecule has 1 aromatic carbocycles. The number of benzene rings is 1. The van der Waals surface area contributed by atoms with E-state index < -0.39 is 36.2 Å². The molecule has 3 unspecified atom stereocenters. The third kappa shape index (κ3) is 4.64. The van der Waals surface area contributed by atoms with E-state index in [0.29, 0.717) is 23.1 Å². The fraction of sp³-hybridized carbons (Fsp3) is 0.500. The highest BCUT2D eigenvalue weighted by atomic mass is 16.7. The Labute approximate surface area is 192 Å². The molecule has 2 aliphatic rings. The lowest BCUT2D eigenvalue weighted by Crippen LogP contribution is -2.61. The number of fused-ring (bicyclic) bond motifs is 1. The minimum Gasteiger partial charge on any atom is -0.427 e. The average molecular weight is 459 g/mol. The molecule has 2 heterocycles. The molecule has 0 radical (unpaired) electrons. The van der Waals surface area contributed by atoms with Gasteiger partial charge in [0.2, 0.25) is 12.7 Å². The van der Waals surface area contributed by atoms with E-state index in [-0.39, 0.29) is 23.6 Å². The molecule has 9 heteroatoms. The molecular formula is C24H30N2O7. The van der Waals surface area contributed by atoms with Gasteiger partial charge in [-0.2, -0.15) is 0 Å². The zero-order valence-electron chi connectivity index (χ0n) is 19.7. The molecule has 0 aromatic heterocycles. The summed E-state index contributed by atoms with van der Waals surface area (Å²) in [4.78, 5) is 52.9. The van der Waals surface area contributed by atoms with Crippen molar-refractivity contribution >= 4 is 29.3 Å². The fourth-order valence-corrected chi connectivity index (χ4v) is 4.04. The van der Waals surface area contributed by atoms with Crippen molar-refractivity contribution in [1.29, 1.82) is 0 Å². The number of rotatable bonds is 6. The minimum absolute atomic E-state index is 0.0446. The molecule has 0 spiro atoms. The van der Waals surface area contributed by atoms with Gasteiger partial charge in [0.1, 0.15) is 5.70 Å². The molecular weight excluding hydrogens is 428 g/mol. The summed E-state index contributed by atoms with van der Waals surface area (Å²) in [5.41, 5.74) is 0.865. The minimum atomic E-state index is -0.871. The zero-order chi connectivity index (χ0) is 24.7. The Kier molecular flexibility index (Phi) is 6.65. The first-order chi connectivity index (χ1) is 15.3. The van der Waals surface area contributed by atoms with Crippen LogP contribution in [-0.2, 0) is 23.9 Å². The Morgan fingerprint density at radius 2 is 1.88 bits per heavy atom.